The first-order valence-electron chi connectivity index (χ1n) is 5.13. The molecule has 0 saturated heterocycles. The number of allylic oxidation sites excluding steroid dienone is 1. The molecule has 1 nitrogen and oxygen atoms in total. The highest BCUT2D eigenvalue weighted by Gasteiger charge is 2.17. The van der Waals surface area contributed by atoms with Gasteiger partial charge in [0.1, 0.15) is 0 Å². The van der Waals surface area contributed by atoms with E-state index in [0.717, 1.165) is 12.3 Å². The first-order chi connectivity index (χ1) is 5.74. The van der Waals surface area contributed by atoms with Crippen LogP contribution < -0.4 is 0 Å². The molecule has 1 aliphatic rings. The maximum Gasteiger partial charge on any atom is 0.0174 e. The summed E-state index contributed by atoms with van der Waals surface area (Å²) in [7, 11) is 2.16. The van der Waals surface area contributed by atoms with E-state index < -0.39 is 0 Å². The Morgan fingerprint density at radius 2 is 2.17 bits per heavy atom. The number of nitrogens with zero attached hydrogens (tertiary/aromatic N) is 1. The van der Waals surface area contributed by atoms with E-state index in [1.165, 1.54) is 37.9 Å². The van der Waals surface area contributed by atoms with Gasteiger partial charge < -0.3 is 4.90 Å². The van der Waals surface area contributed by atoms with Crippen molar-refractivity contribution in [1.82, 2.24) is 4.90 Å². The van der Waals surface area contributed by atoms with Crippen molar-refractivity contribution in [3.05, 3.63) is 12.3 Å². The fourth-order valence-corrected chi connectivity index (χ4v) is 1.59. The second-order valence-electron chi connectivity index (χ2n) is 3.93. The molecule has 0 aromatic rings. The average Bonchev–Trinajstić information content (AvgIpc) is 2.00. The summed E-state index contributed by atoms with van der Waals surface area (Å²) in [5.41, 5.74) is 1.27. The lowest BCUT2D eigenvalue weighted by Gasteiger charge is -2.29. The Morgan fingerprint density at radius 3 is 2.58 bits per heavy atom. The smallest absolute Gasteiger partial charge is 0.0174 e. The molecule has 0 heterocycles. The number of hydrogen-bond donors (Lipinski definition) is 0. The molecule has 0 N–H and O–H groups in total. The predicted molar refractivity (Wildman–Crippen MR) is 54.0 cm³/mol. The van der Waals surface area contributed by atoms with E-state index in [-0.39, 0.29) is 0 Å². The highest BCUT2D eigenvalue weighted by Crippen LogP contribution is 2.29. The summed E-state index contributed by atoms with van der Waals surface area (Å²) in [4.78, 5) is 2.30. The maximum atomic E-state index is 4.02. The van der Waals surface area contributed by atoms with Crippen molar-refractivity contribution in [3.63, 3.8) is 0 Å². The zero-order valence-corrected chi connectivity index (χ0v) is 8.47. The molecule has 1 rings (SSSR count). The molecule has 0 bridgehead atoms. The molecule has 0 spiro atoms. The summed E-state index contributed by atoms with van der Waals surface area (Å²) in [6.07, 6.45) is 6.85. The minimum absolute atomic E-state index is 1.03. The molecule has 0 radical (unpaired) electrons. The predicted octanol–water partition coefficient (Wildman–Crippen LogP) is 3.03. The van der Waals surface area contributed by atoms with Crippen molar-refractivity contribution in [2.75, 3.05) is 13.6 Å². The molecule has 1 aliphatic carbocycles. The lowest BCUT2D eigenvalue weighted by Crippen LogP contribution is -2.22. The van der Waals surface area contributed by atoms with Crippen LogP contribution in [0.1, 0.15) is 39.0 Å². The van der Waals surface area contributed by atoms with Crippen molar-refractivity contribution in [2.45, 2.75) is 39.0 Å². The van der Waals surface area contributed by atoms with Gasteiger partial charge in [0.2, 0.25) is 0 Å². The third-order valence-corrected chi connectivity index (χ3v) is 3.05. The van der Waals surface area contributed by atoms with Gasteiger partial charge in [-0.25, -0.2) is 0 Å². The SMILES string of the molecule is C=C(CC)N(C)CCC1CCC1. The Hall–Kier alpha value is -0.460. The van der Waals surface area contributed by atoms with E-state index in [4.69, 9.17) is 0 Å². The Balaban J connectivity index is 2.08. The fourth-order valence-electron chi connectivity index (χ4n) is 1.59. The van der Waals surface area contributed by atoms with Crippen LogP contribution in [-0.4, -0.2) is 18.5 Å². The summed E-state index contributed by atoms with van der Waals surface area (Å²) in [6, 6.07) is 0. The summed E-state index contributed by atoms with van der Waals surface area (Å²) in [6.45, 7) is 7.40. The summed E-state index contributed by atoms with van der Waals surface area (Å²) >= 11 is 0. The van der Waals surface area contributed by atoms with Crippen LogP contribution in [-0.2, 0) is 0 Å². The van der Waals surface area contributed by atoms with E-state index in [1.54, 1.807) is 0 Å². The summed E-state index contributed by atoms with van der Waals surface area (Å²) < 4.78 is 0. The van der Waals surface area contributed by atoms with Crippen molar-refractivity contribution < 1.29 is 0 Å². The first kappa shape index (κ1) is 9.63. The topological polar surface area (TPSA) is 3.24 Å². The Morgan fingerprint density at radius 1 is 1.50 bits per heavy atom. The molecule has 0 amide bonds. The number of rotatable bonds is 5. The molecule has 1 saturated carbocycles. The van der Waals surface area contributed by atoms with E-state index >= 15 is 0 Å². The van der Waals surface area contributed by atoms with Crippen LogP contribution in [0.25, 0.3) is 0 Å². The van der Waals surface area contributed by atoms with Crippen LogP contribution in [0.15, 0.2) is 12.3 Å². The van der Waals surface area contributed by atoms with Gasteiger partial charge in [0.05, 0.1) is 0 Å². The van der Waals surface area contributed by atoms with Gasteiger partial charge in [-0.1, -0.05) is 32.8 Å². The van der Waals surface area contributed by atoms with Gasteiger partial charge >= 0.3 is 0 Å². The van der Waals surface area contributed by atoms with Crippen LogP contribution in [0.4, 0.5) is 0 Å². The Labute approximate surface area is 76.5 Å². The molecule has 1 fully saturated rings. The van der Waals surface area contributed by atoms with Gasteiger partial charge in [-0.05, 0) is 18.8 Å². The lowest BCUT2D eigenvalue weighted by molar-refractivity contribution is 0.259. The normalized spacial score (nSPS) is 17.2. The van der Waals surface area contributed by atoms with E-state index in [1.807, 2.05) is 0 Å². The molecule has 0 aromatic carbocycles. The van der Waals surface area contributed by atoms with Crippen LogP contribution in [0, 0.1) is 5.92 Å². The lowest BCUT2D eigenvalue weighted by atomic mass is 9.83. The maximum absolute atomic E-state index is 4.02. The third-order valence-electron chi connectivity index (χ3n) is 3.05. The minimum atomic E-state index is 1.03. The monoisotopic (exact) mass is 167 g/mol. The van der Waals surface area contributed by atoms with Crippen LogP contribution in [0.3, 0.4) is 0 Å². The van der Waals surface area contributed by atoms with Crippen molar-refractivity contribution in [3.8, 4) is 0 Å². The molecule has 0 atom stereocenters. The molecule has 0 aliphatic heterocycles. The molecule has 0 unspecified atom stereocenters. The first-order valence-corrected chi connectivity index (χ1v) is 5.13. The molecule has 12 heavy (non-hydrogen) atoms. The molecular formula is C11H21N. The van der Waals surface area contributed by atoms with Crippen LogP contribution in [0.5, 0.6) is 0 Å². The highest BCUT2D eigenvalue weighted by molar-refractivity contribution is 4.90. The second kappa shape index (κ2) is 4.54. The minimum Gasteiger partial charge on any atom is -0.378 e. The van der Waals surface area contributed by atoms with Crippen LogP contribution in [0.2, 0.25) is 0 Å². The van der Waals surface area contributed by atoms with Crippen molar-refractivity contribution >= 4 is 0 Å². The largest absolute Gasteiger partial charge is 0.378 e. The standard InChI is InChI=1S/C11H21N/c1-4-10(2)12(3)9-8-11-6-5-7-11/h11H,2,4-9H2,1,3H3. The van der Waals surface area contributed by atoms with Gasteiger partial charge in [-0.15, -0.1) is 0 Å². The average molecular weight is 167 g/mol. The van der Waals surface area contributed by atoms with Gasteiger partial charge in [0.15, 0.2) is 0 Å². The molecular weight excluding hydrogens is 146 g/mol. The third kappa shape index (κ3) is 2.54. The van der Waals surface area contributed by atoms with Crippen LogP contribution >= 0.6 is 0 Å². The molecule has 0 aromatic heterocycles. The van der Waals surface area contributed by atoms with Crippen molar-refractivity contribution in [1.29, 1.82) is 0 Å². The van der Waals surface area contributed by atoms with Crippen molar-refractivity contribution in [2.24, 2.45) is 5.92 Å². The zero-order chi connectivity index (χ0) is 8.97. The second-order valence-corrected chi connectivity index (χ2v) is 3.93. The molecule has 70 valence electrons. The quantitative estimate of drug-likeness (QED) is 0.608. The number of hydrogen-bond acceptors (Lipinski definition) is 1. The fraction of sp³-hybridized carbons (Fsp3) is 0.818. The Kier molecular flexibility index (Phi) is 3.64. The summed E-state index contributed by atoms with van der Waals surface area (Å²) in [5.74, 6) is 1.03. The van der Waals surface area contributed by atoms with Gasteiger partial charge in [0, 0.05) is 19.3 Å². The summed E-state index contributed by atoms with van der Waals surface area (Å²) in [5, 5.41) is 0. The van der Waals surface area contributed by atoms with E-state index in [0.29, 0.717) is 0 Å². The van der Waals surface area contributed by atoms with E-state index in [9.17, 15) is 0 Å². The Bertz CT molecular complexity index is 147. The van der Waals surface area contributed by atoms with E-state index in [2.05, 4.69) is 25.5 Å². The van der Waals surface area contributed by atoms with Gasteiger partial charge in [-0.2, -0.15) is 0 Å². The molecule has 1 heteroatoms. The zero-order valence-electron chi connectivity index (χ0n) is 8.47. The van der Waals surface area contributed by atoms with Gasteiger partial charge in [-0.3, -0.25) is 0 Å². The highest BCUT2D eigenvalue weighted by atomic mass is 15.1. The van der Waals surface area contributed by atoms with Gasteiger partial charge in [0.25, 0.3) is 0 Å².